The second-order valence-electron chi connectivity index (χ2n) is 11.0. The van der Waals surface area contributed by atoms with Crippen LogP contribution in [0.1, 0.15) is 16.7 Å². The lowest BCUT2D eigenvalue weighted by Crippen LogP contribution is -2.54. The monoisotopic (exact) mass is 582 g/mol. The van der Waals surface area contributed by atoms with Crippen molar-refractivity contribution < 1.29 is 18.0 Å². The number of hydrogen-bond donors (Lipinski definition) is 0. The lowest BCUT2D eigenvalue weighted by molar-refractivity contribution is -0.135. The number of fused-ring (bicyclic) bond motifs is 1. The zero-order valence-corrected chi connectivity index (χ0v) is 24.6. The van der Waals surface area contributed by atoms with Gasteiger partial charge in [-0.3, -0.25) is 4.79 Å². The predicted octanol–water partition coefficient (Wildman–Crippen LogP) is 4.80. The van der Waals surface area contributed by atoms with Crippen molar-refractivity contribution in [1.29, 1.82) is 0 Å². The maximum absolute atomic E-state index is 14.0. The molecule has 0 N–H and O–H groups in total. The van der Waals surface area contributed by atoms with Crippen molar-refractivity contribution in [2.24, 2.45) is 0 Å². The summed E-state index contributed by atoms with van der Waals surface area (Å²) in [5, 5.41) is 1.31. The predicted molar refractivity (Wildman–Crippen MR) is 164 cm³/mol. The molecule has 1 atom stereocenters. The summed E-state index contributed by atoms with van der Waals surface area (Å²) < 4.78 is 28.9. The molecule has 3 amide bonds. The number of rotatable bonds is 6. The molecule has 6 rings (SSSR count). The van der Waals surface area contributed by atoms with Crippen molar-refractivity contribution in [2.75, 3.05) is 37.6 Å². The van der Waals surface area contributed by atoms with E-state index in [0.717, 1.165) is 20.9 Å². The first-order valence-corrected chi connectivity index (χ1v) is 15.6. The van der Waals surface area contributed by atoms with Gasteiger partial charge in [-0.15, -0.1) is 0 Å². The number of hydrogen-bond acceptors (Lipinski definition) is 5. The van der Waals surface area contributed by atoms with Crippen LogP contribution in [0, 0.1) is 13.8 Å². The number of piperazine rings is 1. The van der Waals surface area contributed by atoms with Gasteiger partial charge in [-0.2, -0.15) is 0 Å². The van der Waals surface area contributed by atoms with E-state index in [2.05, 4.69) is 36.9 Å². The molecule has 0 spiro atoms. The van der Waals surface area contributed by atoms with E-state index in [1.807, 2.05) is 48.5 Å². The summed E-state index contributed by atoms with van der Waals surface area (Å²) >= 11 is 0. The van der Waals surface area contributed by atoms with Crippen LogP contribution in [0.4, 0.5) is 10.5 Å². The molecule has 0 saturated carbocycles. The molecule has 0 bridgehead atoms. The minimum atomic E-state index is -4.23. The Morgan fingerprint density at radius 1 is 0.833 bits per heavy atom. The molecule has 216 valence electrons. The first kappa shape index (κ1) is 27.8. The number of carbonyl (C=O) groups excluding carboxylic acids is 2. The van der Waals surface area contributed by atoms with E-state index in [9.17, 15) is 18.0 Å². The molecule has 2 fully saturated rings. The average molecular weight is 583 g/mol. The molecule has 0 aliphatic carbocycles. The van der Waals surface area contributed by atoms with Gasteiger partial charge < -0.3 is 14.7 Å². The fourth-order valence-electron chi connectivity index (χ4n) is 5.96. The van der Waals surface area contributed by atoms with Gasteiger partial charge in [0.05, 0.1) is 11.4 Å². The molecule has 4 aromatic rings. The third kappa shape index (κ3) is 5.09. The molecule has 2 heterocycles. The molecule has 2 aliphatic rings. The van der Waals surface area contributed by atoms with Crippen LogP contribution < -0.4 is 4.90 Å². The van der Waals surface area contributed by atoms with E-state index >= 15 is 0 Å². The molecule has 2 saturated heterocycles. The molecule has 8 nitrogen and oxygen atoms in total. The number of anilines is 1. The van der Waals surface area contributed by atoms with Gasteiger partial charge in [0.2, 0.25) is 5.91 Å². The van der Waals surface area contributed by atoms with E-state index < -0.39 is 22.1 Å². The topological polar surface area (TPSA) is 81.2 Å². The maximum atomic E-state index is 14.0. The van der Waals surface area contributed by atoms with Gasteiger partial charge in [0, 0.05) is 43.8 Å². The van der Waals surface area contributed by atoms with Crippen LogP contribution >= 0.6 is 0 Å². The zero-order chi connectivity index (χ0) is 29.4. The van der Waals surface area contributed by atoms with Crippen LogP contribution in [0.2, 0.25) is 0 Å². The maximum Gasteiger partial charge on any atom is 0.335 e. The molecule has 0 radical (unpaired) electrons. The SMILES string of the molecule is Cc1ccc(C)c(N2CCN(C(=O)[C@@H]3CN(S(=O)(=O)c4cccc5ccccc45)C(=O)N3Cc3ccccc3)CC2)c1. The number of benzene rings is 4. The smallest absolute Gasteiger partial charge is 0.335 e. The third-order valence-electron chi connectivity index (χ3n) is 8.27. The number of sulfonamides is 1. The van der Waals surface area contributed by atoms with Gasteiger partial charge in [0.25, 0.3) is 10.0 Å². The molecule has 0 unspecified atom stereocenters. The van der Waals surface area contributed by atoms with Gasteiger partial charge in [-0.05, 0) is 48.1 Å². The summed E-state index contributed by atoms with van der Waals surface area (Å²) in [5.41, 5.74) is 4.36. The summed E-state index contributed by atoms with van der Waals surface area (Å²) in [7, 11) is -4.23. The third-order valence-corrected chi connectivity index (χ3v) is 10.1. The second-order valence-corrected chi connectivity index (χ2v) is 12.9. The van der Waals surface area contributed by atoms with Gasteiger partial charge in [0.15, 0.2) is 0 Å². The first-order chi connectivity index (χ1) is 20.2. The molecular weight excluding hydrogens is 548 g/mol. The number of carbonyl (C=O) groups is 2. The van der Waals surface area contributed by atoms with Gasteiger partial charge in [-0.1, -0.05) is 78.9 Å². The summed E-state index contributed by atoms with van der Waals surface area (Å²) in [6, 6.07) is 26.4. The van der Waals surface area contributed by atoms with E-state index in [1.54, 1.807) is 23.1 Å². The minimum absolute atomic E-state index is 0.0591. The molecule has 9 heteroatoms. The summed E-state index contributed by atoms with van der Waals surface area (Å²) in [6.45, 7) is 6.37. The fourth-order valence-corrected chi connectivity index (χ4v) is 7.56. The van der Waals surface area contributed by atoms with Crippen LogP contribution in [-0.2, 0) is 21.4 Å². The van der Waals surface area contributed by atoms with Crippen LogP contribution in [0.3, 0.4) is 0 Å². The van der Waals surface area contributed by atoms with Crippen molar-refractivity contribution in [3.05, 3.63) is 108 Å². The number of aryl methyl sites for hydroxylation is 2. The second kappa shape index (κ2) is 11.1. The van der Waals surface area contributed by atoms with E-state index in [-0.39, 0.29) is 23.9 Å². The standard InChI is InChI=1S/C33H34N4O4S/c1-24-15-16-25(2)29(21-24)34-17-19-35(20-18-34)32(38)30-23-37(33(39)36(30)22-26-9-4-3-5-10-26)42(40,41)31-14-8-12-27-11-6-7-13-28(27)31/h3-16,21,30H,17-20,22-23H2,1-2H3/t30-/m0/s1. The highest BCUT2D eigenvalue weighted by molar-refractivity contribution is 7.90. The minimum Gasteiger partial charge on any atom is -0.368 e. The molecule has 0 aromatic heterocycles. The van der Waals surface area contributed by atoms with Crippen molar-refractivity contribution in [3.63, 3.8) is 0 Å². The van der Waals surface area contributed by atoms with Gasteiger partial charge in [0.1, 0.15) is 6.04 Å². The van der Waals surface area contributed by atoms with Crippen LogP contribution in [0.5, 0.6) is 0 Å². The molecular formula is C33H34N4O4S. The van der Waals surface area contributed by atoms with E-state index in [0.29, 0.717) is 31.6 Å². The Labute approximate surface area is 246 Å². The molecule has 2 aliphatic heterocycles. The zero-order valence-electron chi connectivity index (χ0n) is 23.8. The van der Waals surface area contributed by atoms with Crippen molar-refractivity contribution in [2.45, 2.75) is 31.3 Å². The number of amides is 3. The Morgan fingerprint density at radius 3 is 2.29 bits per heavy atom. The highest BCUT2D eigenvalue weighted by atomic mass is 32.2. The first-order valence-electron chi connectivity index (χ1n) is 14.2. The number of nitrogens with zero attached hydrogens (tertiary/aromatic N) is 4. The van der Waals surface area contributed by atoms with Crippen molar-refractivity contribution >= 4 is 38.4 Å². The molecule has 4 aromatic carbocycles. The van der Waals surface area contributed by atoms with E-state index in [1.165, 1.54) is 22.1 Å². The Balaban J connectivity index is 1.28. The summed E-state index contributed by atoms with van der Waals surface area (Å²) in [4.78, 5) is 33.4. The highest BCUT2D eigenvalue weighted by Crippen LogP contribution is 2.31. The van der Waals surface area contributed by atoms with E-state index in [4.69, 9.17) is 0 Å². The lowest BCUT2D eigenvalue weighted by atomic mass is 10.1. The highest BCUT2D eigenvalue weighted by Gasteiger charge is 2.48. The quantitative estimate of drug-likeness (QED) is 0.326. The number of urea groups is 1. The normalized spacial score (nSPS) is 17.8. The van der Waals surface area contributed by atoms with Crippen LogP contribution in [-0.4, -0.2) is 73.2 Å². The van der Waals surface area contributed by atoms with Gasteiger partial charge >= 0.3 is 6.03 Å². The van der Waals surface area contributed by atoms with Gasteiger partial charge in [-0.25, -0.2) is 17.5 Å². The Kier molecular flexibility index (Phi) is 7.36. The van der Waals surface area contributed by atoms with Crippen molar-refractivity contribution in [3.8, 4) is 0 Å². The Morgan fingerprint density at radius 2 is 1.52 bits per heavy atom. The molecule has 42 heavy (non-hydrogen) atoms. The Hall–Kier alpha value is -4.37. The largest absolute Gasteiger partial charge is 0.368 e. The Bertz CT molecular complexity index is 1750. The van der Waals surface area contributed by atoms with Crippen LogP contribution in [0.15, 0.2) is 95.9 Å². The summed E-state index contributed by atoms with van der Waals surface area (Å²) in [5.74, 6) is -0.226. The van der Waals surface area contributed by atoms with Crippen LogP contribution in [0.25, 0.3) is 10.8 Å². The van der Waals surface area contributed by atoms with Crippen molar-refractivity contribution in [1.82, 2.24) is 14.1 Å². The fraction of sp³-hybridized carbons (Fsp3) is 0.273. The lowest BCUT2D eigenvalue weighted by Gasteiger charge is -2.38. The average Bonchev–Trinajstić information content (AvgIpc) is 3.34. The summed E-state index contributed by atoms with van der Waals surface area (Å²) in [6.07, 6.45) is 0.